The van der Waals surface area contributed by atoms with Gasteiger partial charge in [0.05, 0.1) is 0 Å². The maximum absolute atomic E-state index is 13.2. The number of hydrogen-bond donors (Lipinski definition) is 1. The van der Waals surface area contributed by atoms with E-state index in [4.69, 9.17) is 0 Å². The smallest absolute Gasteiger partial charge is 0.124 e. The highest BCUT2D eigenvalue weighted by molar-refractivity contribution is 9.10. The standard InChI is InChI=1S/C15H23BrFN/c1-4-6-11(3)15(18-9-5-2)13-8-7-12(17)10-14(13)16/h7-8,10-11,15,18H,4-6,9H2,1-3H3. The van der Waals surface area contributed by atoms with Crippen LogP contribution in [-0.4, -0.2) is 6.54 Å². The van der Waals surface area contributed by atoms with E-state index in [2.05, 4.69) is 42.0 Å². The monoisotopic (exact) mass is 315 g/mol. The molecular weight excluding hydrogens is 293 g/mol. The lowest BCUT2D eigenvalue weighted by atomic mass is 9.91. The molecule has 1 nitrogen and oxygen atoms in total. The third kappa shape index (κ3) is 4.36. The van der Waals surface area contributed by atoms with E-state index in [1.807, 2.05) is 6.07 Å². The molecule has 1 N–H and O–H groups in total. The summed E-state index contributed by atoms with van der Waals surface area (Å²) in [6.07, 6.45) is 3.45. The average molecular weight is 316 g/mol. The van der Waals surface area contributed by atoms with Gasteiger partial charge in [0.1, 0.15) is 5.82 Å². The fourth-order valence-corrected chi connectivity index (χ4v) is 2.89. The SMILES string of the molecule is CCCNC(c1ccc(F)cc1Br)C(C)CCC. The van der Waals surface area contributed by atoms with E-state index in [1.165, 1.54) is 12.8 Å². The van der Waals surface area contributed by atoms with Crippen LogP contribution in [0, 0.1) is 11.7 Å². The number of halogens is 2. The first-order chi connectivity index (χ1) is 8.60. The van der Waals surface area contributed by atoms with Crippen molar-refractivity contribution < 1.29 is 4.39 Å². The maximum Gasteiger partial charge on any atom is 0.124 e. The summed E-state index contributed by atoms with van der Waals surface area (Å²) in [6.45, 7) is 7.61. The van der Waals surface area contributed by atoms with Crippen LogP contribution in [-0.2, 0) is 0 Å². The van der Waals surface area contributed by atoms with E-state index in [-0.39, 0.29) is 5.82 Å². The van der Waals surface area contributed by atoms with Crippen molar-refractivity contribution in [1.29, 1.82) is 0 Å². The zero-order chi connectivity index (χ0) is 13.5. The molecule has 0 aliphatic heterocycles. The molecule has 1 rings (SSSR count). The van der Waals surface area contributed by atoms with Gasteiger partial charge in [-0.2, -0.15) is 0 Å². The topological polar surface area (TPSA) is 12.0 Å². The van der Waals surface area contributed by atoms with E-state index in [0.29, 0.717) is 12.0 Å². The van der Waals surface area contributed by atoms with Gasteiger partial charge in [-0.3, -0.25) is 0 Å². The lowest BCUT2D eigenvalue weighted by molar-refractivity contribution is 0.362. The minimum absolute atomic E-state index is 0.192. The Bertz CT molecular complexity index is 368. The molecule has 0 saturated heterocycles. The second-order valence-corrected chi connectivity index (χ2v) is 5.72. The Morgan fingerprint density at radius 1 is 1.28 bits per heavy atom. The summed E-state index contributed by atoms with van der Waals surface area (Å²) in [4.78, 5) is 0. The van der Waals surface area contributed by atoms with Crippen molar-refractivity contribution in [2.24, 2.45) is 5.92 Å². The van der Waals surface area contributed by atoms with E-state index in [1.54, 1.807) is 12.1 Å². The van der Waals surface area contributed by atoms with Gasteiger partial charge in [-0.25, -0.2) is 4.39 Å². The summed E-state index contributed by atoms with van der Waals surface area (Å²) in [7, 11) is 0. The van der Waals surface area contributed by atoms with Crippen molar-refractivity contribution in [3.8, 4) is 0 Å². The number of hydrogen-bond acceptors (Lipinski definition) is 1. The molecule has 0 aromatic heterocycles. The number of benzene rings is 1. The molecule has 0 saturated carbocycles. The normalized spacial score (nSPS) is 14.5. The fraction of sp³-hybridized carbons (Fsp3) is 0.600. The number of rotatable bonds is 7. The number of nitrogens with one attached hydrogen (secondary N) is 1. The second kappa shape index (κ2) is 7.90. The van der Waals surface area contributed by atoms with Crippen molar-refractivity contribution in [3.05, 3.63) is 34.1 Å². The summed E-state index contributed by atoms with van der Waals surface area (Å²) in [5.41, 5.74) is 1.16. The maximum atomic E-state index is 13.2. The van der Waals surface area contributed by atoms with Crippen LogP contribution in [0.15, 0.2) is 22.7 Å². The third-order valence-corrected chi connectivity index (χ3v) is 3.91. The lowest BCUT2D eigenvalue weighted by Crippen LogP contribution is -2.28. The van der Waals surface area contributed by atoms with E-state index >= 15 is 0 Å². The third-order valence-electron chi connectivity index (χ3n) is 3.22. The van der Waals surface area contributed by atoms with Crippen LogP contribution in [0.1, 0.15) is 51.6 Å². The predicted octanol–water partition coefficient (Wildman–Crippen LogP) is 5.07. The average Bonchev–Trinajstić information content (AvgIpc) is 2.32. The van der Waals surface area contributed by atoms with Crippen molar-refractivity contribution in [2.45, 2.75) is 46.1 Å². The van der Waals surface area contributed by atoms with Gasteiger partial charge in [-0.1, -0.05) is 49.2 Å². The van der Waals surface area contributed by atoms with Gasteiger partial charge in [0.2, 0.25) is 0 Å². The summed E-state index contributed by atoms with van der Waals surface area (Å²) >= 11 is 3.48. The first-order valence-electron chi connectivity index (χ1n) is 6.78. The minimum Gasteiger partial charge on any atom is -0.310 e. The Morgan fingerprint density at radius 2 is 2.00 bits per heavy atom. The molecule has 18 heavy (non-hydrogen) atoms. The minimum atomic E-state index is -0.192. The van der Waals surface area contributed by atoms with Crippen LogP contribution in [0.3, 0.4) is 0 Å². The van der Waals surface area contributed by atoms with Crippen LogP contribution < -0.4 is 5.32 Å². The van der Waals surface area contributed by atoms with Crippen molar-refractivity contribution in [3.63, 3.8) is 0 Å². The van der Waals surface area contributed by atoms with Gasteiger partial charge in [0.25, 0.3) is 0 Å². The van der Waals surface area contributed by atoms with Crippen LogP contribution in [0.2, 0.25) is 0 Å². The second-order valence-electron chi connectivity index (χ2n) is 4.86. The van der Waals surface area contributed by atoms with Crippen LogP contribution in [0.5, 0.6) is 0 Å². The molecule has 0 aliphatic carbocycles. The molecule has 0 fully saturated rings. The Labute approximate surface area is 118 Å². The molecule has 102 valence electrons. The molecule has 1 aromatic rings. The Morgan fingerprint density at radius 3 is 2.56 bits per heavy atom. The molecular formula is C15H23BrFN. The van der Waals surface area contributed by atoms with Gasteiger partial charge in [0.15, 0.2) is 0 Å². The largest absolute Gasteiger partial charge is 0.310 e. The van der Waals surface area contributed by atoms with Crippen LogP contribution >= 0.6 is 15.9 Å². The molecule has 0 heterocycles. The predicted molar refractivity (Wildman–Crippen MR) is 79.2 cm³/mol. The molecule has 0 aliphatic rings. The highest BCUT2D eigenvalue weighted by Crippen LogP contribution is 2.31. The summed E-state index contributed by atoms with van der Waals surface area (Å²) in [5, 5.41) is 3.58. The quantitative estimate of drug-likeness (QED) is 0.741. The molecule has 0 amide bonds. The Hall–Kier alpha value is -0.410. The highest BCUT2D eigenvalue weighted by Gasteiger charge is 2.20. The molecule has 1 aromatic carbocycles. The summed E-state index contributed by atoms with van der Waals surface area (Å²) in [6, 6.07) is 5.27. The summed E-state index contributed by atoms with van der Waals surface area (Å²) < 4.78 is 14.0. The molecule has 0 radical (unpaired) electrons. The van der Waals surface area contributed by atoms with E-state index in [9.17, 15) is 4.39 Å². The highest BCUT2D eigenvalue weighted by atomic mass is 79.9. The first-order valence-corrected chi connectivity index (χ1v) is 7.57. The first kappa shape index (κ1) is 15.6. The zero-order valence-electron chi connectivity index (χ0n) is 11.5. The van der Waals surface area contributed by atoms with Gasteiger partial charge >= 0.3 is 0 Å². The van der Waals surface area contributed by atoms with Crippen molar-refractivity contribution in [2.75, 3.05) is 6.54 Å². The van der Waals surface area contributed by atoms with Gasteiger partial charge in [-0.15, -0.1) is 0 Å². The lowest BCUT2D eigenvalue weighted by Gasteiger charge is -2.26. The van der Waals surface area contributed by atoms with E-state index in [0.717, 1.165) is 23.0 Å². The van der Waals surface area contributed by atoms with Gasteiger partial charge in [0, 0.05) is 10.5 Å². The van der Waals surface area contributed by atoms with Gasteiger partial charge < -0.3 is 5.32 Å². The molecule has 0 bridgehead atoms. The Balaban J connectivity index is 2.93. The Kier molecular flexibility index (Phi) is 6.87. The zero-order valence-corrected chi connectivity index (χ0v) is 13.1. The fourth-order valence-electron chi connectivity index (χ4n) is 2.29. The molecule has 2 atom stereocenters. The van der Waals surface area contributed by atoms with Gasteiger partial charge in [-0.05, 0) is 43.0 Å². The van der Waals surface area contributed by atoms with Crippen LogP contribution in [0.4, 0.5) is 4.39 Å². The summed E-state index contributed by atoms with van der Waals surface area (Å²) in [5.74, 6) is 0.353. The molecule has 3 heteroatoms. The molecule has 2 unspecified atom stereocenters. The van der Waals surface area contributed by atoms with E-state index < -0.39 is 0 Å². The van der Waals surface area contributed by atoms with Crippen molar-refractivity contribution in [1.82, 2.24) is 5.32 Å². The van der Waals surface area contributed by atoms with Crippen molar-refractivity contribution >= 4 is 15.9 Å². The van der Waals surface area contributed by atoms with Crippen LogP contribution in [0.25, 0.3) is 0 Å². The molecule has 0 spiro atoms.